The highest BCUT2D eigenvalue weighted by atomic mass is 16.5. The van der Waals surface area contributed by atoms with E-state index in [2.05, 4.69) is 5.32 Å². The van der Waals surface area contributed by atoms with Crippen molar-refractivity contribution < 1.29 is 19.0 Å². The average Bonchev–Trinajstić information content (AvgIpc) is 2.55. The summed E-state index contributed by atoms with van der Waals surface area (Å²) in [6, 6.07) is 11.2. The molecule has 0 atom stereocenters. The second kappa shape index (κ2) is 7.54. The van der Waals surface area contributed by atoms with Gasteiger partial charge in [-0.05, 0) is 43.2 Å². The summed E-state index contributed by atoms with van der Waals surface area (Å²) in [6.07, 6.45) is 0. The van der Waals surface area contributed by atoms with Crippen LogP contribution in [0.2, 0.25) is 0 Å². The maximum Gasteiger partial charge on any atom is 0.262 e. The smallest absolute Gasteiger partial charge is 0.262 e. The van der Waals surface area contributed by atoms with Gasteiger partial charge in [0.25, 0.3) is 5.91 Å². The first kappa shape index (κ1) is 16.7. The Kier molecular flexibility index (Phi) is 5.46. The monoisotopic (exact) mass is 315 g/mol. The second-order valence-corrected chi connectivity index (χ2v) is 5.15. The third kappa shape index (κ3) is 4.16. The minimum Gasteiger partial charge on any atom is -0.493 e. The van der Waals surface area contributed by atoms with Crippen LogP contribution in [0.25, 0.3) is 0 Å². The van der Waals surface area contributed by atoms with Gasteiger partial charge < -0.3 is 19.5 Å². The van der Waals surface area contributed by atoms with Crippen LogP contribution in [0.3, 0.4) is 0 Å². The molecule has 0 aliphatic heterocycles. The molecule has 0 saturated carbocycles. The van der Waals surface area contributed by atoms with Crippen molar-refractivity contribution in [3.8, 4) is 17.2 Å². The van der Waals surface area contributed by atoms with E-state index in [1.165, 1.54) is 14.2 Å². The van der Waals surface area contributed by atoms with E-state index in [0.29, 0.717) is 17.2 Å². The Hall–Kier alpha value is -2.69. The third-order valence-corrected chi connectivity index (χ3v) is 3.40. The summed E-state index contributed by atoms with van der Waals surface area (Å²) in [7, 11) is 3.08. The first-order valence-corrected chi connectivity index (χ1v) is 7.26. The van der Waals surface area contributed by atoms with Gasteiger partial charge in [0.2, 0.25) is 5.75 Å². The second-order valence-electron chi connectivity index (χ2n) is 5.15. The molecule has 0 aromatic heterocycles. The van der Waals surface area contributed by atoms with Gasteiger partial charge in [0, 0.05) is 5.69 Å². The summed E-state index contributed by atoms with van der Waals surface area (Å²) < 4.78 is 16.1. The van der Waals surface area contributed by atoms with Crippen LogP contribution in [0.1, 0.15) is 11.1 Å². The van der Waals surface area contributed by atoms with E-state index in [9.17, 15) is 4.79 Å². The maximum atomic E-state index is 12.1. The normalized spacial score (nSPS) is 10.1. The number of benzene rings is 2. The van der Waals surface area contributed by atoms with E-state index in [0.717, 1.165) is 16.8 Å². The average molecular weight is 315 g/mol. The molecule has 23 heavy (non-hydrogen) atoms. The number of hydrogen-bond donors (Lipinski definition) is 1. The molecule has 0 radical (unpaired) electrons. The highest BCUT2D eigenvalue weighted by Crippen LogP contribution is 2.36. The molecular weight excluding hydrogens is 294 g/mol. The quantitative estimate of drug-likeness (QED) is 0.888. The van der Waals surface area contributed by atoms with E-state index in [1.807, 2.05) is 32.0 Å². The molecule has 0 saturated heterocycles. The number of carbonyl (C=O) groups is 1. The summed E-state index contributed by atoms with van der Waals surface area (Å²) in [6.45, 7) is 3.79. The summed E-state index contributed by atoms with van der Waals surface area (Å²) in [5.74, 6) is 1.20. The van der Waals surface area contributed by atoms with Crippen molar-refractivity contribution >= 4 is 11.6 Å². The van der Waals surface area contributed by atoms with Crippen LogP contribution in [0.5, 0.6) is 17.2 Å². The van der Waals surface area contributed by atoms with Crippen molar-refractivity contribution in [2.24, 2.45) is 0 Å². The zero-order valence-electron chi connectivity index (χ0n) is 13.8. The van der Waals surface area contributed by atoms with E-state index >= 15 is 0 Å². The molecule has 0 unspecified atom stereocenters. The zero-order chi connectivity index (χ0) is 16.8. The molecule has 0 heterocycles. The molecule has 0 bridgehead atoms. The lowest BCUT2D eigenvalue weighted by Crippen LogP contribution is -2.21. The van der Waals surface area contributed by atoms with Gasteiger partial charge in [-0.15, -0.1) is 0 Å². The molecule has 1 amide bonds. The van der Waals surface area contributed by atoms with Crippen LogP contribution in [-0.2, 0) is 4.79 Å². The molecule has 0 spiro atoms. The third-order valence-electron chi connectivity index (χ3n) is 3.40. The fraction of sp³-hybridized carbons (Fsp3) is 0.278. The van der Waals surface area contributed by atoms with Crippen molar-refractivity contribution in [1.29, 1.82) is 0 Å². The molecule has 122 valence electrons. The number of ether oxygens (including phenoxy) is 3. The van der Waals surface area contributed by atoms with E-state index < -0.39 is 0 Å². The van der Waals surface area contributed by atoms with Gasteiger partial charge in [0.05, 0.1) is 14.2 Å². The molecule has 0 fully saturated rings. The summed E-state index contributed by atoms with van der Waals surface area (Å²) in [4.78, 5) is 12.1. The van der Waals surface area contributed by atoms with Crippen molar-refractivity contribution in [2.45, 2.75) is 13.8 Å². The van der Waals surface area contributed by atoms with E-state index in [4.69, 9.17) is 14.2 Å². The summed E-state index contributed by atoms with van der Waals surface area (Å²) in [5.41, 5.74) is 2.86. The molecule has 0 aliphatic carbocycles. The zero-order valence-corrected chi connectivity index (χ0v) is 13.8. The number of aryl methyl sites for hydroxylation is 2. The Balaban J connectivity index is 2.06. The van der Waals surface area contributed by atoms with Crippen molar-refractivity contribution in [3.05, 3.63) is 47.5 Å². The molecule has 0 aliphatic rings. The SMILES string of the molecule is COc1cccc(OC)c1OCC(=O)Nc1cc(C)ccc1C. The van der Waals surface area contributed by atoms with Crippen LogP contribution in [0.15, 0.2) is 36.4 Å². The Morgan fingerprint density at radius 3 is 2.30 bits per heavy atom. The summed E-state index contributed by atoms with van der Waals surface area (Å²) >= 11 is 0. The first-order chi connectivity index (χ1) is 11.0. The molecule has 5 nitrogen and oxygen atoms in total. The highest BCUT2D eigenvalue weighted by molar-refractivity contribution is 5.92. The number of methoxy groups -OCH3 is 2. The Morgan fingerprint density at radius 2 is 1.70 bits per heavy atom. The van der Waals surface area contributed by atoms with Crippen LogP contribution in [0, 0.1) is 13.8 Å². The maximum absolute atomic E-state index is 12.1. The molecular formula is C18H21NO4. The lowest BCUT2D eigenvalue weighted by molar-refractivity contribution is -0.118. The Bertz CT molecular complexity index is 675. The lowest BCUT2D eigenvalue weighted by atomic mass is 10.1. The fourth-order valence-corrected chi connectivity index (χ4v) is 2.15. The fourth-order valence-electron chi connectivity index (χ4n) is 2.15. The van der Waals surface area contributed by atoms with Crippen molar-refractivity contribution in [3.63, 3.8) is 0 Å². The van der Waals surface area contributed by atoms with Gasteiger partial charge in [-0.3, -0.25) is 4.79 Å². The van der Waals surface area contributed by atoms with E-state index in [1.54, 1.807) is 18.2 Å². The lowest BCUT2D eigenvalue weighted by Gasteiger charge is -2.14. The number of rotatable bonds is 6. The molecule has 5 heteroatoms. The number of nitrogens with one attached hydrogen (secondary N) is 1. The number of carbonyl (C=O) groups excluding carboxylic acids is 1. The topological polar surface area (TPSA) is 56.8 Å². The number of para-hydroxylation sites is 1. The number of anilines is 1. The molecule has 1 N–H and O–H groups in total. The first-order valence-electron chi connectivity index (χ1n) is 7.26. The Morgan fingerprint density at radius 1 is 1.04 bits per heavy atom. The predicted octanol–water partition coefficient (Wildman–Crippen LogP) is 3.34. The predicted molar refractivity (Wildman–Crippen MR) is 89.6 cm³/mol. The number of hydrogen-bond acceptors (Lipinski definition) is 4. The van der Waals surface area contributed by atoms with Crippen LogP contribution in [0.4, 0.5) is 5.69 Å². The molecule has 2 rings (SSSR count). The summed E-state index contributed by atoms with van der Waals surface area (Å²) in [5, 5.41) is 2.85. The Labute approximate surface area is 136 Å². The van der Waals surface area contributed by atoms with Crippen LogP contribution >= 0.6 is 0 Å². The minimum atomic E-state index is -0.244. The standard InChI is InChI=1S/C18H21NO4/c1-12-8-9-13(2)14(10-12)19-17(20)11-23-18-15(21-3)6-5-7-16(18)22-4/h5-10H,11H2,1-4H3,(H,19,20). The van der Waals surface area contributed by atoms with Gasteiger partial charge in [0.1, 0.15) is 0 Å². The minimum absolute atomic E-state index is 0.135. The van der Waals surface area contributed by atoms with E-state index in [-0.39, 0.29) is 12.5 Å². The number of amides is 1. The van der Waals surface area contributed by atoms with Gasteiger partial charge in [-0.1, -0.05) is 18.2 Å². The molecule has 2 aromatic rings. The van der Waals surface area contributed by atoms with Gasteiger partial charge in [-0.2, -0.15) is 0 Å². The van der Waals surface area contributed by atoms with Crippen LogP contribution in [-0.4, -0.2) is 26.7 Å². The van der Waals surface area contributed by atoms with Crippen LogP contribution < -0.4 is 19.5 Å². The highest BCUT2D eigenvalue weighted by Gasteiger charge is 2.13. The van der Waals surface area contributed by atoms with Gasteiger partial charge in [-0.25, -0.2) is 0 Å². The van der Waals surface area contributed by atoms with Crippen molar-refractivity contribution in [2.75, 3.05) is 26.1 Å². The van der Waals surface area contributed by atoms with Gasteiger partial charge in [0.15, 0.2) is 18.1 Å². The largest absolute Gasteiger partial charge is 0.493 e. The van der Waals surface area contributed by atoms with Gasteiger partial charge >= 0.3 is 0 Å². The molecule has 2 aromatic carbocycles. The van der Waals surface area contributed by atoms with Crippen molar-refractivity contribution in [1.82, 2.24) is 0 Å².